The molecule has 0 fully saturated rings. The first-order chi connectivity index (χ1) is 10.4. The van der Waals surface area contributed by atoms with E-state index in [1.54, 1.807) is 0 Å². The highest BCUT2D eigenvalue weighted by atomic mass is 19.1. The number of amides is 1. The molecule has 0 atom stereocenters. The number of carbonyl (C=O) groups is 1. The van der Waals surface area contributed by atoms with E-state index in [0.717, 1.165) is 6.08 Å². The summed E-state index contributed by atoms with van der Waals surface area (Å²) in [5, 5.41) is 0. The first kappa shape index (κ1) is 15.6. The molecule has 2 aromatic carbocycles. The quantitative estimate of drug-likeness (QED) is 0.880. The molecule has 0 spiro atoms. The average molecular weight is 307 g/mol. The summed E-state index contributed by atoms with van der Waals surface area (Å²) in [4.78, 5) is 11.2. The third kappa shape index (κ3) is 3.28. The van der Waals surface area contributed by atoms with Crippen LogP contribution in [-0.4, -0.2) is 13.0 Å². The van der Waals surface area contributed by atoms with Crippen molar-refractivity contribution in [2.45, 2.75) is 0 Å². The molecule has 0 saturated heterocycles. The first-order valence-corrected chi connectivity index (χ1v) is 6.23. The van der Waals surface area contributed by atoms with Crippen LogP contribution in [0.1, 0.15) is 21.5 Å². The predicted octanol–water partition coefficient (Wildman–Crippen LogP) is 3.38. The van der Waals surface area contributed by atoms with Crippen molar-refractivity contribution >= 4 is 18.1 Å². The molecule has 2 N–H and O–H groups in total. The minimum absolute atomic E-state index is 0.223. The molecule has 6 heteroatoms. The Morgan fingerprint density at radius 3 is 2.27 bits per heavy atom. The summed E-state index contributed by atoms with van der Waals surface area (Å²) in [6, 6.07) is 5.57. The number of nitrogens with two attached hydrogens (primary N) is 1. The second kappa shape index (κ2) is 6.34. The number of benzene rings is 2. The molecule has 0 unspecified atom stereocenters. The third-order valence-electron chi connectivity index (χ3n) is 2.99. The maximum absolute atomic E-state index is 13.6. The van der Waals surface area contributed by atoms with Crippen LogP contribution in [0.25, 0.3) is 12.2 Å². The Balaban J connectivity index is 2.46. The van der Waals surface area contributed by atoms with Crippen molar-refractivity contribution in [3.63, 3.8) is 0 Å². The predicted molar refractivity (Wildman–Crippen MR) is 76.8 cm³/mol. The molecule has 1 amide bonds. The Morgan fingerprint density at radius 1 is 1.09 bits per heavy atom. The van der Waals surface area contributed by atoms with E-state index in [2.05, 4.69) is 0 Å². The smallest absolute Gasteiger partial charge is 0.248 e. The van der Waals surface area contributed by atoms with Crippen LogP contribution in [0.5, 0.6) is 5.75 Å². The van der Waals surface area contributed by atoms with Gasteiger partial charge in [-0.2, -0.15) is 0 Å². The Kier molecular flexibility index (Phi) is 4.50. The maximum Gasteiger partial charge on any atom is 0.248 e. The van der Waals surface area contributed by atoms with E-state index in [-0.39, 0.29) is 5.56 Å². The molecule has 0 aromatic heterocycles. The van der Waals surface area contributed by atoms with E-state index in [4.69, 9.17) is 10.5 Å². The number of primary amides is 1. The summed E-state index contributed by atoms with van der Waals surface area (Å²) in [6.07, 6.45) is 2.48. The van der Waals surface area contributed by atoms with Crippen LogP contribution in [0.3, 0.4) is 0 Å². The van der Waals surface area contributed by atoms with Crippen molar-refractivity contribution in [3.8, 4) is 5.75 Å². The number of rotatable bonds is 4. The lowest BCUT2D eigenvalue weighted by atomic mass is 10.1. The molecule has 0 aliphatic carbocycles. The molecular formula is C16H12F3NO2. The Morgan fingerprint density at radius 2 is 1.73 bits per heavy atom. The van der Waals surface area contributed by atoms with Gasteiger partial charge in [0.1, 0.15) is 23.2 Å². The van der Waals surface area contributed by atoms with Crippen LogP contribution in [-0.2, 0) is 0 Å². The molecule has 0 aliphatic heterocycles. The van der Waals surface area contributed by atoms with Crippen LogP contribution in [0.4, 0.5) is 13.2 Å². The molecule has 0 radical (unpaired) electrons. The Hall–Kier alpha value is -2.76. The van der Waals surface area contributed by atoms with E-state index in [0.29, 0.717) is 23.4 Å². The molecule has 0 saturated carbocycles. The van der Waals surface area contributed by atoms with Crippen molar-refractivity contribution in [2.24, 2.45) is 5.73 Å². The minimum atomic E-state index is -1.03. The van der Waals surface area contributed by atoms with Gasteiger partial charge in [0.2, 0.25) is 5.91 Å². The molecule has 2 rings (SSSR count). The van der Waals surface area contributed by atoms with E-state index in [1.807, 2.05) is 0 Å². The highest BCUT2D eigenvalue weighted by molar-refractivity contribution is 5.94. The second-order valence-corrected chi connectivity index (χ2v) is 4.44. The van der Waals surface area contributed by atoms with E-state index >= 15 is 0 Å². The van der Waals surface area contributed by atoms with E-state index < -0.39 is 28.9 Å². The summed E-state index contributed by atoms with van der Waals surface area (Å²) in [7, 11) is 1.41. The summed E-state index contributed by atoms with van der Waals surface area (Å²) in [5.74, 6) is -3.31. The summed E-state index contributed by atoms with van der Waals surface area (Å²) in [6.45, 7) is 0. The van der Waals surface area contributed by atoms with Crippen molar-refractivity contribution < 1.29 is 22.7 Å². The lowest BCUT2D eigenvalue weighted by molar-refractivity contribution is 0.1000. The number of carbonyl (C=O) groups excluding carboxylic acids is 1. The normalized spacial score (nSPS) is 10.9. The van der Waals surface area contributed by atoms with Gasteiger partial charge in [-0.1, -0.05) is 6.08 Å². The van der Waals surface area contributed by atoms with Crippen molar-refractivity contribution in [3.05, 3.63) is 64.5 Å². The van der Waals surface area contributed by atoms with Crippen LogP contribution >= 0.6 is 0 Å². The molecule has 114 valence electrons. The number of ether oxygens (including phenoxy) is 1. The van der Waals surface area contributed by atoms with E-state index in [1.165, 1.54) is 31.4 Å². The van der Waals surface area contributed by atoms with Gasteiger partial charge in [-0.15, -0.1) is 0 Å². The molecular weight excluding hydrogens is 295 g/mol. The molecule has 0 bridgehead atoms. The van der Waals surface area contributed by atoms with Gasteiger partial charge in [-0.05, 0) is 24.3 Å². The lowest BCUT2D eigenvalue weighted by Crippen LogP contribution is -2.10. The van der Waals surface area contributed by atoms with Crippen LogP contribution in [0.2, 0.25) is 0 Å². The molecule has 3 nitrogen and oxygen atoms in total. The summed E-state index contributed by atoms with van der Waals surface area (Å²) < 4.78 is 45.1. The number of hydrogen-bond acceptors (Lipinski definition) is 2. The maximum atomic E-state index is 13.6. The van der Waals surface area contributed by atoms with Gasteiger partial charge < -0.3 is 10.5 Å². The van der Waals surface area contributed by atoms with Crippen LogP contribution in [0.15, 0.2) is 30.3 Å². The highest BCUT2D eigenvalue weighted by Crippen LogP contribution is 2.24. The van der Waals surface area contributed by atoms with Gasteiger partial charge in [0.25, 0.3) is 0 Å². The van der Waals surface area contributed by atoms with Gasteiger partial charge in [-0.25, -0.2) is 13.2 Å². The Labute approximate surface area is 124 Å². The topological polar surface area (TPSA) is 52.3 Å². The largest absolute Gasteiger partial charge is 0.496 e. The second-order valence-electron chi connectivity index (χ2n) is 4.44. The zero-order chi connectivity index (χ0) is 16.3. The number of methoxy groups -OCH3 is 1. The third-order valence-corrected chi connectivity index (χ3v) is 2.99. The zero-order valence-corrected chi connectivity index (χ0v) is 11.6. The van der Waals surface area contributed by atoms with Gasteiger partial charge in [0, 0.05) is 28.8 Å². The van der Waals surface area contributed by atoms with Gasteiger partial charge in [0.05, 0.1) is 7.11 Å². The van der Waals surface area contributed by atoms with Crippen molar-refractivity contribution in [1.82, 2.24) is 0 Å². The van der Waals surface area contributed by atoms with Gasteiger partial charge >= 0.3 is 0 Å². The molecule has 2 aromatic rings. The van der Waals surface area contributed by atoms with Crippen LogP contribution < -0.4 is 10.5 Å². The summed E-state index contributed by atoms with van der Waals surface area (Å²) >= 11 is 0. The fourth-order valence-corrected chi connectivity index (χ4v) is 1.90. The SMILES string of the molecule is COc1ccc(C(N)=O)cc1C=Cc1c(F)cc(F)cc1F. The minimum Gasteiger partial charge on any atom is -0.496 e. The monoisotopic (exact) mass is 307 g/mol. The van der Waals surface area contributed by atoms with Crippen molar-refractivity contribution in [1.29, 1.82) is 0 Å². The van der Waals surface area contributed by atoms with Crippen molar-refractivity contribution in [2.75, 3.05) is 7.11 Å². The van der Waals surface area contributed by atoms with Gasteiger partial charge in [0.15, 0.2) is 0 Å². The fourth-order valence-electron chi connectivity index (χ4n) is 1.90. The highest BCUT2D eigenvalue weighted by Gasteiger charge is 2.10. The van der Waals surface area contributed by atoms with Crippen LogP contribution in [0, 0.1) is 17.5 Å². The lowest BCUT2D eigenvalue weighted by Gasteiger charge is -2.06. The average Bonchev–Trinajstić information content (AvgIpc) is 2.45. The fraction of sp³-hybridized carbons (Fsp3) is 0.0625. The number of halogens is 3. The van der Waals surface area contributed by atoms with Gasteiger partial charge in [-0.3, -0.25) is 4.79 Å². The standard InChI is InChI=1S/C16H12F3NO2/c1-22-15-5-3-10(16(20)21)6-9(15)2-4-12-13(18)7-11(17)8-14(12)19/h2-8H,1H3,(H2,20,21). The molecule has 0 heterocycles. The van der Waals surface area contributed by atoms with E-state index in [9.17, 15) is 18.0 Å². The molecule has 22 heavy (non-hydrogen) atoms. The zero-order valence-electron chi connectivity index (χ0n) is 11.6. The number of hydrogen-bond donors (Lipinski definition) is 1. The summed E-state index contributed by atoms with van der Waals surface area (Å²) in [5.41, 5.74) is 5.41. The first-order valence-electron chi connectivity index (χ1n) is 6.23. The Bertz CT molecular complexity index is 734. The molecule has 0 aliphatic rings.